The van der Waals surface area contributed by atoms with Crippen molar-refractivity contribution in [3.05, 3.63) is 11.7 Å². The minimum absolute atomic E-state index is 0.0933. The molecule has 5 nitrogen and oxygen atoms in total. The largest absolute Gasteiger partial charge is 0.353 e. The van der Waals surface area contributed by atoms with Crippen LogP contribution in [0.15, 0.2) is 11.7 Å². The van der Waals surface area contributed by atoms with Crippen LogP contribution in [0.25, 0.3) is 10.3 Å². The Morgan fingerprint density at radius 2 is 2.43 bits per heavy atom. The maximum atomic E-state index is 5.61. The highest BCUT2D eigenvalue weighted by atomic mass is 32.1. The van der Waals surface area contributed by atoms with Gasteiger partial charge in [-0.15, -0.1) is 11.3 Å². The van der Waals surface area contributed by atoms with E-state index in [0.717, 1.165) is 10.3 Å². The smallest absolute Gasteiger partial charge is 0.224 e. The van der Waals surface area contributed by atoms with E-state index in [1.807, 2.05) is 6.92 Å². The van der Waals surface area contributed by atoms with Gasteiger partial charge in [0.25, 0.3) is 0 Å². The van der Waals surface area contributed by atoms with Gasteiger partial charge in [-0.2, -0.15) is 0 Å². The molecule has 0 amide bonds. The molecular weight excluding hydrogens is 198 g/mol. The summed E-state index contributed by atoms with van der Waals surface area (Å²) in [4.78, 5) is 13.4. The fraction of sp³-hybridized carbons (Fsp3) is 0.375. The number of nitrogens with zero attached hydrogens (tertiary/aromatic N) is 3. The van der Waals surface area contributed by atoms with Gasteiger partial charge in [0.2, 0.25) is 5.95 Å². The predicted molar refractivity (Wildman–Crippen MR) is 57.3 cm³/mol. The molecule has 6 heteroatoms. The second-order valence-electron chi connectivity index (χ2n) is 3.09. The summed E-state index contributed by atoms with van der Waals surface area (Å²) in [6.07, 6.45) is 1.71. The van der Waals surface area contributed by atoms with Gasteiger partial charge >= 0.3 is 0 Å². The van der Waals surface area contributed by atoms with Crippen LogP contribution in [0.4, 0.5) is 5.95 Å². The van der Waals surface area contributed by atoms with Crippen molar-refractivity contribution in [3.63, 3.8) is 0 Å². The third-order valence-electron chi connectivity index (χ3n) is 1.67. The van der Waals surface area contributed by atoms with E-state index in [1.165, 1.54) is 11.3 Å². The fourth-order valence-corrected chi connectivity index (χ4v) is 1.64. The van der Waals surface area contributed by atoms with Crippen molar-refractivity contribution in [3.8, 4) is 0 Å². The van der Waals surface area contributed by atoms with Crippen LogP contribution in [-0.2, 0) is 0 Å². The van der Waals surface area contributed by atoms with Crippen LogP contribution in [0.2, 0.25) is 0 Å². The highest BCUT2D eigenvalue weighted by Gasteiger charge is 2.01. The number of hydrogen-bond donors (Lipinski definition) is 2. The van der Waals surface area contributed by atoms with E-state index in [1.54, 1.807) is 11.7 Å². The number of nitrogens with one attached hydrogen (secondary N) is 1. The zero-order valence-corrected chi connectivity index (χ0v) is 8.58. The van der Waals surface area contributed by atoms with Crippen LogP contribution in [-0.4, -0.2) is 27.5 Å². The topological polar surface area (TPSA) is 76.7 Å². The molecule has 1 unspecified atom stereocenters. The van der Waals surface area contributed by atoms with Crippen LogP contribution in [0.3, 0.4) is 0 Å². The summed E-state index contributed by atoms with van der Waals surface area (Å²) in [6.45, 7) is 2.60. The molecule has 2 heterocycles. The molecule has 0 fully saturated rings. The Balaban J connectivity index is 2.17. The Morgan fingerprint density at radius 1 is 1.57 bits per heavy atom. The molecule has 0 aliphatic carbocycles. The first-order chi connectivity index (χ1) is 6.75. The van der Waals surface area contributed by atoms with Crippen LogP contribution < -0.4 is 11.1 Å². The average Bonchev–Trinajstić information content (AvgIpc) is 2.61. The number of aromatic nitrogens is 3. The van der Waals surface area contributed by atoms with Crippen LogP contribution in [0, 0.1) is 0 Å². The number of thiazole rings is 1. The quantitative estimate of drug-likeness (QED) is 0.783. The average molecular weight is 209 g/mol. The molecule has 0 saturated heterocycles. The molecule has 2 aromatic rings. The Labute approximate surface area is 85.4 Å². The second-order valence-corrected chi connectivity index (χ2v) is 3.93. The molecule has 0 radical (unpaired) electrons. The number of anilines is 1. The van der Waals surface area contributed by atoms with Crippen molar-refractivity contribution in [2.75, 3.05) is 11.9 Å². The molecular formula is C8H11N5S. The zero-order valence-electron chi connectivity index (χ0n) is 7.77. The van der Waals surface area contributed by atoms with Crippen LogP contribution in [0.5, 0.6) is 0 Å². The summed E-state index contributed by atoms with van der Waals surface area (Å²) in [5, 5.41) is 3.06. The van der Waals surface area contributed by atoms with Gasteiger partial charge < -0.3 is 11.1 Å². The van der Waals surface area contributed by atoms with Crippen molar-refractivity contribution < 1.29 is 0 Å². The standard InChI is InChI=1S/C8H11N5S/c1-5(9)2-10-8-11-3-6-7(13-8)14-4-12-6/h3-5H,2,9H2,1H3,(H,10,11,13). The molecule has 0 aliphatic heterocycles. The molecule has 14 heavy (non-hydrogen) atoms. The molecule has 0 saturated carbocycles. The Bertz CT molecular complexity index is 424. The predicted octanol–water partition coefficient (Wildman–Crippen LogP) is 0.845. The number of hydrogen-bond acceptors (Lipinski definition) is 6. The molecule has 3 N–H and O–H groups in total. The van der Waals surface area contributed by atoms with Gasteiger partial charge in [0.15, 0.2) is 0 Å². The van der Waals surface area contributed by atoms with Gasteiger partial charge in [-0.3, -0.25) is 0 Å². The zero-order chi connectivity index (χ0) is 9.97. The van der Waals surface area contributed by atoms with Gasteiger partial charge in [0, 0.05) is 12.6 Å². The summed E-state index contributed by atoms with van der Waals surface area (Å²) >= 11 is 1.50. The van der Waals surface area contributed by atoms with Gasteiger partial charge in [-0.05, 0) is 6.92 Å². The number of nitrogens with two attached hydrogens (primary N) is 1. The molecule has 1 atom stereocenters. The van der Waals surface area contributed by atoms with E-state index in [2.05, 4.69) is 20.3 Å². The van der Waals surface area contributed by atoms with E-state index in [-0.39, 0.29) is 6.04 Å². The fourth-order valence-electron chi connectivity index (χ4n) is 1.01. The maximum Gasteiger partial charge on any atom is 0.224 e. The van der Waals surface area contributed by atoms with Gasteiger partial charge in [-0.1, -0.05) is 0 Å². The van der Waals surface area contributed by atoms with Crippen LogP contribution in [0.1, 0.15) is 6.92 Å². The second kappa shape index (κ2) is 3.85. The van der Waals surface area contributed by atoms with Gasteiger partial charge in [0.1, 0.15) is 10.3 Å². The molecule has 0 spiro atoms. The van der Waals surface area contributed by atoms with E-state index in [9.17, 15) is 0 Å². The minimum Gasteiger partial charge on any atom is -0.353 e. The minimum atomic E-state index is 0.0933. The lowest BCUT2D eigenvalue weighted by Gasteiger charge is -2.06. The maximum absolute atomic E-state index is 5.61. The third kappa shape index (κ3) is 1.97. The molecule has 0 aliphatic rings. The van der Waals surface area contributed by atoms with Crippen molar-refractivity contribution in [1.82, 2.24) is 15.0 Å². The Morgan fingerprint density at radius 3 is 3.21 bits per heavy atom. The number of fused-ring (bicyclic) bond motifs is 1. The lowest BCUT2D eigenvalue weighted by molar-refractivity contribution is 0.774. The van der Waals surface area contributed by atoms with Crippen molar-refractivity contribution in [2.24, 2.45) is 5.73 Å². The highest BCUT2D eigenvalue weighted by Crippen LogP contribution is 2.14. The molecule has 0 aromatic carbocycles. The summed E-state index contributed by atoms with van der Waals surface area (Å²) in [5.41, 5.74) is 8.20. The Kier molecular flexibility index (Phi) is 2.55. The van der Waals surface area contributed by atoms with E-state index >= 15 is 0 Å². The SMILES string of the molecule is CC(N)CNc1ncc2ncsc2n1. The normalized spacial score (nSPS) is 13.0. The lowest BCUT2D eigenvalue weighted by Crippen LogP contribution is -2.25. The van der Waals surface area contributed by atoms with E-state index in [4.69, 9.17) is 5.73 Å². The summed E-state index contributed by atoms with van der Waals surface area (Å²) in [5.74, 6) is 0.610. The van der Waals surface area contributed by atoms with Gasteiger partial charge in [0.05, 0.1) is 11.7 Å². The first-order valence-electron chi connectivity index (χ1n) is 4.31. The van der Waals surface area contributed by atoms with Crippen molar-refractivity contribution >= 4 is 27.6 Å². The van der Waals surface area contributed by atoms with Gasteiger partial charge in [-0.25, -0.2) is 15.0 Å². The molecule has 2 rings (SSSR count). The third-order valence-corrected chi connectivity index (χ3v) is 2.41. The summed E-state index contributed by atoms with van der Waals surface area (Å²) < 4.78 is 0. The molecule has 74 valence electrons. The van der Waals surface area contributed by atoms with Crippen LogP contribution >= 0.6 is 11.3 Å². The first kappa shape index (κ1) is 9.29. The summed E-state index contributed by atoms with van der Waals surface area (Å²) in [7, 11) is 0. The Hall–Kier alpha value is -1.27. The van der Waals surface area contributed by atoms with Crippen molar-refractivity contribution in [2.45, 2.75) is 13.0 Å². The lowest BCUT2D eigenvalue weighted by atomic mass is 10.4. The number of rotatable bonds is 3. The van der Waals surface area contributed by atoms with E-state index in [0.29, 0.717) is 12.5 Å². The highest BCUT2D eigenvalue weighted by molar-refractivity contribution is 7.16. The van der Waals surface area contributed by atoms with Crippen molar-refractivity contribution in [1.29, 1.82) is 0 Å². The monoisotopic (exact) mass is 209 g/mol. The molecule has 2 aromatic heterocycles. The molecule has 0 bridgehead atoms. The summed E-state index contributed by atoms with van der Waals surface area (Å²) in [6, 6.07) is 0.0933. The first-order valence-corrected chi connectivity index (χ1v) is 5.19. The van der Waals surface area contributed by atoms with E-state index < -0.39 is 0 Å².